The van der Waals surface area contributed by atoms with E-state index in [9.17, 15) is 9.59 Å². The molecule has 2 amide bonds. The van der Waals surface area contributed by atoms with E-state index in [2.05, 4.69) is 23.8 Å². The molecular weight excluding hydrogens is 360 g/mol. The lowest BCUT2D eigenvalue weighted by atomic mass is 9.89. The van der Waals surface area contributed by atoms with E-state index in [4.69, 9.17) is 25.8 Å². The highest BCUT2D eigenvalue weighted by Crippen LogP contribution is 2.41. The van der Waals surface area contributed by atoms with Crippen LogP contribution in [0.25, 0.3) is 0 Å². The number of carbonyl (C=O) groups is 2. The number of halogens is 1. The van der Waals surface area contributed by atoms with Crippen molar-refractivity contribution in [2.45, 2.75) is 13.0 Å². The quantitative estimate of drug-likeness (QED) is 0.561. The molecule has 1 aromatic rings. The van der Waals surface area contributed by atoms with Crippen molar-refractivity contribution in [3.63, 3.8) is 0 Å². The van der Waals surface area contributed by atoms with Crippen molar-refractivity contribution < 1.29 is 23.8 Å². The van der Waals surface area contributed by atoms with Crippen molar-refractivity contribution in [2.75, 3.05) is 20.3 Å². The second-order valence-electron chi connectivity index (χ2n) is 5.46. The third-order valence-corrected chi connectivity index (χ3v) is 4.04. The van der Waals surface area contributed by atoms with Gasteiger partial charge in [-0.05, 0) is 24.6 Å². The fourth-order valence-corrected chi connectivity index (χ4v) is 2.95. The minimum atomic E-state index is -0.816. The van der Waals surface area contributed by atoms with Gasteiger partial charge in [0.25, 0.3) is 0 Å². The van der Waals surface area contributed by atoms with Gasteiger partial charge in [0.15, 0.2) is 11.5 Å². The Bertz CT molecular complexity index is 735. The van der Waals surface area contributed by atoms with Gasteiger partial charge in [-0.2, -0.15) is 0 Å². The zero-order valence-corrected chi connectivity index (χ0v) is 15.4. The summed E-state index contributed by atoms with van der Waals surface area (Å²) in [5, 5.41) is 5.48. The molecule has 1 aliphatic rings. The molecule has 26 heavy (non-hydrogen) atoms. The lowest BCUT2D eigenvalue weighted by molar-refractivity contribution is -0.145. The average Bonchev–Trinajstić information content (AvgIpc) is 2.60. The van der Waals surface area contributed by atoms with Crippen LogP contribution in [0.15, 0.2) is 37.1 Å². The van der Waals surface area contributed by atoms with Crippen molar-refractivity contribution >= 4 is 23.6 Å². The van der Waals surface area contributed by atoms with Crippen LogP contribution < -0.4 is 20.1 Å². The molecule has 8 heteroatoms. The molecule has 0 spiro atoms. The normalized spacial score (nSPS) is 19.2. The Hall–Kier alpha value is -2.67. The summed E-state index contributed by atoms with van der Waals surface area (Å²) in [4.78, 5) is 24.1. The zero-order chi connectivity index (χ0) is 19.3. The maximum atomic E-state index is 12.2. The zero-order valence-electron chi connectivity index (χ0n) is 14.6. The topological polar surface area (TPSA) is 85.9 Å². The molecule has 2 N–H and O–H groups in total. The maximum absolute atomic E-state index is 12.2. The molecule has 0 bridgehead atoms. The van der Waals surface area contributed by atoms with E-state index in [0.717, 1.165) is 0 Å². The van der Waals surface area contributed by atoms with Crippen molar-refractivity contribution in [3.8, 4) is 11.5 Å². The van der Waals surface area contributed by atoms with Crippen LogP contribution in [0, 0.1) is 5.92 Å². The summed E-state index contributed by atoms with van der Waals surface area (Å²) in [6.45, 7) is 9.82. The molecule has 0 saturated carbocycles. The summed E-state index contributed by atoms with van der Waals surface area (Å²) in [6, 6.07) is 2.10. The summed E-state index contributed by atoms with van der Waals surface area (Å²) in [5.74, 6) is -0.582. The Kier molecular flexibility index (Phi) is 6.52. The largest absolute Gasteiger partial charge is 0.490 e. The van der Waals surface area contributed by atoms with Gasteiger partial charge in [-0.1, -0.05) is 30.8 Å². The number of amides is 2. The average molecular weight is 381 g/mol. The van der Waals surface area contributed by atoms with E-state index < -0.39 is 24.0 Å². The number of benzene rings is 1. The first-order chi connectivity index (χ1) is 12.4. The smallest absolute Gasteiger partial charge is 0.319 e. The lowest BCUT2D eigenvalue weighted by Gasteiger charge is -2.33. The van der Waals surface area contributed by atoms with Crippen LogP contribution >= 0.6 is 11.6 Å². The van der Waals surface area contributed by atoms with Gasteiger partial charge in [-0.15, -0.1) is 0 Å². The van der Waals surface area contributed by atoms with E-state index in [1.54, 1.807) is 18.2 Å². The molecule has 1 fully saturated rings. The first-order valence-electron chi connectivity index (χ1n) is 7.97. The maximum Gasteiger partial charge on any atom is 0.319 e. The number of hydrogen-bond donors (Lipinski definition) is 2. The third kappa shape index (κ3) is 4.11. The van der Waals surface area contributed by atoms with Crippen molar-refractivity contribution in [1.82, 2.24) is 10.6 Å². The standard InChI is InChI=1S/C18H21ClN2O5/c1-5-7-26-16-12(19)8-11(9-13(16)25-6-2)15-14(17(22)24-4)10(3)20-18(23)21-15/h5,8-9,14-15H,1,3,6-7H2,2,4H3,(H2,20,21,23)/t14-,15+/m1/s1. The number of carbonyl (C=O) groups excluding carboxylic acids is 2. The highest BCUT2D eigenvalue weighted by molar-refractivity contribution is 6.32. The highest BCUT2D eigenvalue weighted by atomic mass is 35.5. The molecule has 1 saturated heterocycles. The summed E-state index contributed by atoms with van der Waals surface area (Å²) >= 11 is 6.35. The predicted octanol–water partition coefficient (Wildman–Crippen LogP) is 2.96. The van der Waals surface area contributed by atoms with Gasteiger partial charge < -0.3 is 24.8 Å². The van der Waals surface area contributed by atoms with E-state index in [0.29, 0.717) is 23.7 Å². The van der Waals surface area contributed by atoms with Crippen LogP contribution in [0.2, 0.25) is 5.02 Å². The fraction of sp³-hybridized carbons (Fsp3) is 0.333. The number of methoxy groups -OCH3 is 1. The number of hydrogen-bond acceptors (Lipinski definition) is 5. The van der Waals surface area contributed by atoms with Crippen LogP contribution in [-0.2, 0) is 9.53 Å². The number of rotatable bonds is 7. The van der Waals surface area contributed by atoms with Crippen LogP contribution in [0.3, 0.4) is 0 Å². The van der Waals surface area contributed by atoms with Gasteiger partial charge in [0, 0.05) is 5.70 Å². The molecule has 1 aliphatic heterocycles. The molecule has 0 aliphatic carbocycles. The molecule has 140 valence electrons. The second-order valence-corrected chi connectivity index (χ2v) is 5.87. The first-order valence-corrected chi connectivity index (χ1v) is 8.34. The van der Waals surface area contributed by atoms with E-state index >= 15 is 0 Å². The number of nitrogens with one attached hydrogen (secondary N) is 2. The Morgan fingerprint density at radius 3 is 2.73 bits per heavy atom. The molecule has 2 atom stereocenters. The summed E-state index contributed by atoms with van der Waals surface area (Å²) < 4.78 is 16.0. The molecule has 1 aromatic carbocycles. The molecule has 1 heterocycles. The first kappa shape index (κ1) is 19.7. The Balaban J connectivity index is 2.49. The third-order valence-electron chi connectivity index (χ3n) is 3.76. The Morgan fingerprint density at radius 1 is 1.38 bits per heavy atom. The monoisotopic (exact) mass is 380 g/mol. The van der Waals surface area contributed by atoms with Gasteiger partial charge >= 0.3 is 12.0 Å². The highest BCUT2D eigenvalue weighted by Gasteiger charge is 2.39. The Morgan fingerprint density at radius 2 is 2.12 bits per heavy atom. The van der Waals surface area contributed by atoms with Crippen LogP contribution in [0.4, 0.5) is 4.79 Å². The second kappa shape index (κ2) is 8.62. The number of ether oxygens (including phenoxy) is 3. The van der Waals surface area contributed by atoms with Gasteiger partial charge in [-0.25, -0.2) is 4.79 Å². The SMILES string of the molecule is C=CCOc1c(Cl)cc([C@@H]2NC(=O)NC(=C)[C@H]2C(=O)OC)cc1OCC. The molecule has 0 radical (unpaired) electrons. The molecular formula is C18H21ClN2O5. The number of esters is 1. The van der Waals surface area contributed by atoms with Crippen LogP contribution in [0.5, 0.6) is 11.5 Å². The van der Waals surface area contributed by atoms with E-state index in [1.807, 2.05) is 6.92 Å². The fourth-order valence-electron chi connectivity index (χ4n) is 2.68. The summed E-state index contributed by atoms with van der Waals surface area (Å²) in [7, 11) is 1.27. The minimum Gasteiger partial charge on any atom is -0.490 e. The van der Waals surface area contributed by atoms with Crippen LogP contribution in [-0.4, -0.2) is 32.3 Å². The van der Waals surface area contributed by atoms with E-state index in [1.165, 1.54) is 7.11 Å². The molecule has 0 aromatic heterocycles. The van der Waals surface area contributed by atoms with Crippen molar-refractivity contribution in [2.24, 2.45) is 5.92 Å². The van der Waals surface area contributed by atoms with Crippen molar-refractivity contribution in [3.05, 3.63) is 47.6 Å². The predicted molar refractivity (Wildman–Crippen MR) is 97.4 cm³/mol. The lowest BCUT2D eigenvalue weighted by Crippen LogP contribution is -2.51. The summed E-state index contributed by atoms with van der Waals surface area (Å²) in [5.41, 5.74) is 0.808. The minimum absolute atomic E-state index is 0.242. The van der Waals surface area contributed by atoms with Gasteiger partial charge in [0.2, 0.25) is 0 Å². The van der Waals surface area contributed by atoms with Gasteiger partial charge in [-0.3, -0.25) is 4.79 Å². The molecule has 2 rings (SSSR count). The number of urea groups is 1. The van der Waals surface area contributed by atoms with Gasteiger partial charge in [0.05, 0.1) is 24.8 Å². The van der Waals surface area contributed by atoms with Crippen molar-refractivity contribution in [1.29, 1.82) is 0 Å². The van der Waals surface area contributed by atoms with Gasteiger partial charge in [0.1, 0.15) is 12.5 Å². The molecule has 7 nitrogen and oxygen atoms in total. The van der Waals surface area contributed by atoms with E-state index in [-0.39, 0.29) is 17.3 Å². The molecule has 0 unspecified atom stereocenters. The Labute approximate surface area is 156 Å². The summed E-state index contributed by atoms with van der Waals surface area (Å²) in [6.07, 6.45) is 1.59. The van der Waals surface area contributed by atoms with Crippen LogP contribution in [0.1, 0.15) is 18.5 Å².